The highest BCUT2D eigenvalue weighted by molar-refractivity contribution is 6.48. The number of aliphatic hydroxyl groups excluding tert-OH is 2. The van der Waals surface area contributed by atoms with Crippen LogP contribution in [0.15, 0.2) is 43.0 Å². The summed E-state index contributed by atoms with van der Waals surface area (Å²) in [4.78, 5) is 0. The minimum absolute atomic E-state index is 0.260. The monoisotopic (exact) mass is 322 g/mol. The molecule has 1 saturated heterocycles. The maximum Gasteiger partial charge on any atom is 0.251 e. The highest BCUT2D eigenvalue weighted by atomic mass is 35.5. The average molecular weight is 324 g/mol. The van der Waals surface area contributed by atoms with E-state index in [-0.39, 0.29) is 23.0 Å². The Bertz CT molecular complexity index is 557. The second-order valence-electron chi connectivity index (χ2n) is 4.34. The van der Waals surface area contributed by atoms with Crippen LogP contribution in [-0.2, 0) is 0 Å². The summed E-state index contributed by atoms with van der Waals surface area (Å²) in [5.74, 6) is -0.289. The lowest BCUT2D eigenvalue weighted by molar-refractivity contribution is 0.109. The third-order valence-electron chi connectivity index (χ3n) is 3.18. The molecule has 0 aromatic heterocycles. The molecule has 0 amide bonds. The number of nitrogens with zero attached hydrogens (tertiary/aromatic N) is 2. The van der Waals surface area contributed by atoms with Crippen LogP contribution < -0.4 is 10.6 Å². The molecule has 1 fully saturated rings. The van der Waals surface area contributed by atoms with Crippen molar-refractivity contribution in [2.75, 3.05) is 0 Å². The van der Waals surface area contributed by atoms with E-state index >= 15 is 0 Å². The lowest BCUT2D eigenvalue weighted by Crippen LogP contribution is -2.63. The van der Waals surface area contributed by atoms with Gasteiger partial charge in [-0.3, -0.25) is 5.32 Å². The Morgan fingerprint density at radius 1 is 1.21 bits per heavy atom. The Morgan fingerprint density at radius 3 is 2.68 bits per heavy atom. The van der Waals surface area contributed by atoms with E-state index in [1.807, 2.05) is 0 Å². The first-order chi connectivity index (χ1) is 8.99. The quantitative estimate of drug-likeness (QED) is 0.545. The zero-order chi connectivity index (χ0) is 13.7. The smallest absolute Gasteiger partial charge is 0.251 e. The molecule has 0 spiro atoms. The van der Waals surface area contributed by atoms with Gasteiger partial charge in [-0.25, -0.2) is 0 Å². The van der Waals surface area contributed by atoms with E-state index < -0.39 is 12.3 Å². The van der Waals surface area contributed by atoms with Crippen LogP contribution in [0.4, 0.5) is 0 Å². The van der Waals surface area contributed by atoms with Crippen LogP contribution in [0, 0.1) is 0 Å². The number of piperazine rings is 1. The summed E-state index contributed by atoms with van der Waals surface area (Å²) in [6, 6.07) is -1.25. The van der Waals surface area contributed by atoms with E-state index in [1.54, 1.807) is 6.08 Å². The number of nitrogens with one attached hydrogen (secondary N) is 2. The molecule has 2 heterocycles. The summed E-state index contributed by atoms with van der Waals surface area (Å²) in [5.41, 5.74) is 0.331. The third kappa shape index (κ3) is 2.04. The summed E-state index contributed by atoms with van der Waals surface area (Å²) in [6.45, 7) is 0. The zero-order valence-electron chi connectivity index (χ0n) is 9.31. The molecule has 3 rings (SSSR count). The maximum absolute atomic E-state index is 9.76. The first-order valence-corrected chi connectivity index (χ1v) is 6.60. The summed E-state index contributed by atoms with van der Waals surface area (Å²) < 4.78 is 0. The maximum atomic E-state index is 9.76. The van der Waals surface area contributed by atoms with Gasteiger partial charge in [-0.15, -0.1) is 5.11 Å². The van der Waals surface area contributed by atoms with Crippen molar-refractivity contribution in [1.82, 2.24) is 10.6 Å². The SMILES string of the molecule is OC1=C2NC3C(Cl)=C(Cl)C(Cl)=CC3NC2C(O)N=N1. The number of allylic oxidation sites excluding steroid dienone is 2. The standard InChI is InChI=1S/C10H9Cl3N4O2/c11-2-1-3-6(5(13)4(2)12)15-8-7(14-3)9(18)16-17-10(8)19/h1,3,6-7,9,14-15,18-19H. The lowest BCUT2D eigenvalue weighted by atomic mass is 9.95. The van der Waals surface area contributed by atoms with Crippen LogP contribution in [0.2, 0.25) is 0 Å². The van der Waals surface area contributed by atoms with Crippen molar-refractivity contribution < 1.29 is 10.2 Å². The minimum Gasteiger partial charge on any atom is -0.491 e. The van der Waals surface area contributed by atoms with Crippen molar-refractivity contribution in [1.29, 1.82) is 0 Å². The van der Waals surface area contributed by atoms with Crippen molar-refractivity contribution >= 4 is 34.8 Å². The molecule has 4 unspecified atom stereocenters. The number of rotatable bonds is 0. The van der Waals surface area contributed by atoms with E-state index in [0.29, 0.717) is 15.8 Å². The van der Waals surface area contributed by atoms with Crippen LogP contribution in [0.25, 0.3) is 0 Å². The van der Waals surface area contributed by atoms with Gasteiger partial charge in [0, 0.05) is 0 Å². The Hall–Kier alpha value is -0.790. The van der Waals surface area contributed by atoms with Gasteiger partial charge >= 0.3 is 0 Å². The summed E-state index contributed by atoms with van der Waals surface area (Å²) in [5, 5.41) is 33.5. The van der Waals surface area contributed by atoms with Crippen LogP contribution in [-0.4, -0.2) is 34.6 Å². The summed E-state index contributed by atoms with van der Waals surface area (Å²) in [7, 11) is 0. The van der Waals surface area contributed by atoms with Crippen molar-refractivity contribution in [3.63, 3.8) is 0 Å². The van der Waals surface area contributed by atoms with Crippen molar-refractivity contribution in [2.45, 2.75) is 24.4 Å². The van der Waals surface area contributed by atoms with Crippen LogP contribution in [0.1, 0.15) is 0 Å². The van der Waals surface area contributed by atoms with E-state index in [0.717, 1.165) is 0 Å². The Kier molecular flexibility index (Phi) is 3.23. The summed E-state index contributed by atoms with van der Waals surface area (Å²) >= 11 is 18.1. The van der Waals surface area contributed by atoms with Gasteiger partial charge < -0.3 is 15.5 Å². The minimum atomic E-state index is -1.09. The normalized spacial score (nSPS) is 37.6. The second kappa shape index (κ2) is 4.64. The number of aliphatic hydroxyl groups is 2. The molecule has 4 N–H and O–H groups in total. The molecule has 102 valence electrons. The second-order valence-corrected chi connectivity index (χ2v) is 5.53. The van der Waals surface area contributed by atoms with Gasteiger partial charge in [0.15, 0.2) is 6.23 Å². The van der Waals surface area contributed by atoms with Crippen molar-refractivity contribution in [2.24, 2.45) is 10.2 Å². The van der Waals surface area contributed by atoms with Gasteiger partial charge in [-0.2, -0.15) is 5.11 Å². The first-order valence-electron chi connectivity index (χ1n) is 5.46. The van der Waals surface area contributed by atoms with Crippen molar-refractivity contribution in [3.05, 3.63) is 32.8 Å². The Balaban J connectivity index is 1.99. The van der Waals surface area contributed by atoms with Crippen molar-refractivity contribution in [3.8, 4) is 0 Å². The summed E-state index contributed by atoms with van der Waals surface area (Å²) in [6.07, 6.45) is 0.603. The number of hydrogen-bond donors (Lipinski definition) is 4. The van der Waals surface area contributed by atoms with Gasteiger partial charge in [-0.05, 0) is 6.08 Å². The Labute approximate surface area is 123 Å². The van der Waals surface area contributed by atoms with Gasteiger partial charge in [0.25, 0.3) is 5.88 Å². The fourth-order valence-corrected chi connectivity index (χ4v) is 3.01. The van der Waals surface area contributed by atoms with Crippen LogP contribution in [0.5, 0.6) is 0 Å². The number of halogens is 3. The van der Waals surface area contributed by atoms with Gasteiger partial charge in [0.05, 0.1) is 32.9 Å². The molecular formula is C10H9Cl3N4O2. The molecule has 19 heavy (non-hydrogen) atoms. The number of azo groups is 1. The fraction of sp³-hybridized carbons (Fsp3) is 0.400. The predicted octanol–water partition coefficient (Wildman–Crippen LogP) is 1.62. The van der Waals surface area contributed by atoms with E-state index in [1.165, 1.54) is 0 Å². The molecule has 0 aromatic rings. The molecule has 0 saturated carbocycles. The molecule has 0 aromatic carbocycles. The molecule has 0 radical (unpaired) electrons. The number of hydrogen-bond acceptors (Lipinski definition) is 6. The van der Waals surface area contributed by atoms with Crippen LogP contribution >= 0.6 is 34.8 Å². The Morgan fingerprint density at radius 2 is 1.95 bits per heavy atom. The van der Waals surface area contributed by atoms with E-state index in [9.17, 15) is 10.2 Å². The molecule has 1 aliphatic carbocycles. The average Bonchev–Trinajstić information content (AvgIpc) is 2.39. The largest absolute Gasteiger partial charge is 0.491 e. The van der Waals surface area contributed by atoms with Crippen LogP contribution in [0.3, 0.4) is 0 Å². The van der Waals surface area contributed by atoms with E-state index in [4.69, 9.17) is 34.8 Å². The lowest BCUT2D eigenvalue weighted by Gasteiger charge is -2.42. The van der Waals surface area contributed by atoms with Gasteiger partial charge in [0.2, 0.25) is 0 Å². The predicted molar refractivity (Wildman–Crippen MR) is 70.8 cm³/mol. The highest BCUT2D eigenvalue weighted by Gasteiger charge is 2.42. The molecule has 6 nitrogen and oxygen atoms in total. The van der Waals surface area contributed by atoms with Gasteiger partial charge in [0.1, 0.15) is 6.04 Å². The first kappa shape index (κ1) is 13.2. The zero-order valence-corrected chi connectivity index (χ0v) is 11.6. The fourth-order valence-electron chi connectivity index (χ4n) is 2.25. The molecule has 0 bridgehead atoms. The molecule has 9 heteroatoms. The molecular weight excluding hydrogens is 314 g/mol. The third-order valence-corrected chi connectivity index (χ3v) is 4.52. The molecule has 3 aliphatic rings. The molecule has 2 aliphatic heterocycles. The van der Waals surface area contributed by atoms with E-state index in [2.05, 4.69) is 20.9 Å². The number of fused-ring (bicyclic) bond motifs is 2. The topological polar surface area (TPSA) is 89.2 Å². The molecule has 4 atom stereocenters. The van der Waals surface area contributed by atoms with Gasteiger partial charge in [-0.1, -0.05) is 34.8 Å². The highest BCUT2D eigenvalue weighted by Crippen LogP contribution is 2.36.